The Balaban J connectivity index is 2.27. The van der Waals surface area contributed by atoms with Crippen LogP contribution in [0, 0.1) is 0 Å². The lowest BCUT2D eigenvalue weighted by atomic mass is 10.2. The number of nitrogens with one attached hydrogen (secondary N) is 1. The fourth-order valence-corrected chi connectivity index (χ4v) is 1.73. The van der Waals surface area contributed by atoms with Gasteiger partial charge in [0.25, 0.3) is 0 Å². The Labute approximate surface area is 104 Å². The van der Waals surface area contributed by atoms with Crippen LogP contribution in [-0.4, -0.2) is 41.1 Å². The van der Waals surface area contributed by atoms with E-state index in [1.54, 1.807) is 0 Å². The van der Waals surface area contributed by atoms with Crippen LogP contribution in [-0.2, 0) is 13.6 Å². The van der Waals surface area contributed by atoms with Crippen LogP contribution >= 0.6 is 0 Å². The van der Waals surface area contributed by atoms with Crippen molar-refractivity contribution in [1.29, 1.82) is 0 Å². The molecule has 0 aliphatic carbocycles. The number of aryl methyl sites for hydroxylation is 1. The van der Waals surface area contributed by atoms with Crippen LogP contribution in [0.4, 0.5) is 0 Å². The molecule has 4 heteroatoms. The van der Waals surface area contributed by atoms with Crippen molar-refractivity contribution < 1.29 is 0 Å². The molecule has 0 amide bonds. The largest absolute Gasteiger partial charge is 0.337 e. The molecule has 1 heterocycles. The maximum atomic E-state index is 4.31. The van der Waals surface area contributed by atoms with Crippen LogP contribution in [0.3, 0.4) is 0 Å². The molecule has 0 atom stereocenters. The maximum Gasteiger partial charge on any atom is 0.122 e. The third kappa shape index (κ3) is 5.15. The number of hydrogen-bond acceptors (Lipinski definition) is 3. The Hall–Kier alpha value is -1.13. The first-order chi connectivity index (χ1) is 8.13. The topological polar surface area (TPSA) is 33.1 Å². The Bertz CT molecular complexity index is 343. The van der Waals surface area contributed by atoms with Gasteiger partial charge in [-0.2, -0.15) is 0 Å². The Morgan fingerprint density at radius 1 is 1.59 bits per heavy atom. The van der Waals surface area contributed by atoms with Crippen molar-refractivity contribution in [1.82, 2.24) is 19.8 Å². The minimum Gasteiger partial charge on any atom is -0.337 e. The average Bonchev–Trinajstić information content (AvgIpc) is 2.64. The van der Waals surface area contributed by atoms with Crippen LogP contribution < -0.4 is 5.32 Å². The monoisotopic (exact) mass is 236 g/mol. The third-order valence-corrected chi connectivity index (χ3v) is 2.63. The molecule has 0 spiro atoms. The van der Waals surface area contributed by atoms with Crippen molar-refractivity contribution in [2.24, 2.45) is 7.05 Å². The van der Waals surface area contributed by atoms with Gasteiger partial charge in [-0.1, -0.05) is 13.5 Å². The predicted molar refractivity (Wildman–Crippen MR) is 71.8 cm³/mol. The molecule has 1 rings (SSSR count). The van der Waals surface area contributed by atoms with Gasteiger partial charge in [0.2, 0.25) is 0 Å². The fraction of sp³-hybridized carbons (Fsp3) is 0.615. The normalized spacial score (nSPS) is 11.1. The summed E-state index contributed by atoms with van der Waals surface area (Å²) in [5.41, 5.74) is 1.22. The van der Waals surface area contributed by atoms with E-state index < -0.39 is 0 Å². The highest BCUT2D eigenvalue weighted by Gasteiger charge is 2.05. The summed E-state index contributed by atoms with van der Waals surface area (Å²) in [4.78, 5) is 6.55. The van der Waals surface area contributed by atoms with Gasteiger partial charge in [0.05, 0.1) is 6.54 Å². The highest BCUT2D eigenvalue weighted by molar-refractivity contribution is 5.00. The summed E-state index contributed by atoms with van der Waals surface area (Å²) in [6.45, 7) is 9.98. The number of nitrogens with zero attached hydrogens (tertiary/aromatic N) is 3. The van der Waals surface area contributed by atoms with Gasteiger partial charge in [-0.05, 0) is 25.6 Å². The van der Waals surface area contributed by atoms with Crippen molar-refractivity contribution in [3.63, 3.8) is 0 Å². The average molecular weight is 236 g/mol. The van der Waals surface area contributed by atoms with E-state index in [0.29, 0.717) is 0 Å². The fourth-order valence-electron chi connectivity index (χ4n) is 1.73. The molecule has 0 saturated carbocycles. The van der Waals surface area contributed by atoms with E-state index in [-0.39, 0.29) is 0 Å². The van der Waals surface area contributed by atoms with E-state index in [2.05, 4.69) is 40.3 Å². The molecule has 0 fully saturated rings. The lowest BCUT2D eigenvalue weighted by Crippen LogP contribution is -2.27. The first-order valence-electron chi connectivity index (χ1n) is 6.15. The highest BCUT2D eigenvalue weighted by Crippen LogP contribution is 2.01. The van der Waals surface area contributed by atoms with Crippen LogP contribution in [0.25, 0.3) is 0 Å². The second-order valence-electron chi connectivity index (χ2n) is 4.55. The van der Waals surface area contributed by atoms with E-state index in [9.17, 15) is 0 Å². The molecule has 96 valence electrons. The molecule has 17 heavy (non-hydrogen) atoms. The highest BCUT2D eigenvalue weighted by atomic mass is 15.1. The molecule has 1 N–H and O–H groups in total. The molecule has 0 saturated heterocycles. The molecule has 4 nitrogen and oxygen atoms in total. The van der Waals surface area contributed by atoms with Gasteiger partial charge in [0, 0.05) is 32.5 Å². The summed E-state index contributed by atoms with van der Waals surface area (Å²) in [6.07, 6.45) is 4.97. The van der Waals surface area contributed by atoms with Gasteiger partial charge in [-0.3, -0.25) is 4.90 Å². The molecule has 0 aliphatic heterocycles. The zero-order chi connectivity index (χ0) is 12.7. The molecule has 0 bridgehead atoms. The van der Waals surface area contributed by atoms with Crippen molar-refractivity contribution in [2.45, 2.75) is 19.9 Å². The Kier molecular flexibility index (Phi) is 5.94. The van der Waals surface area contributed by atoms with Gasteiger partial charge in [0.1, 0.15) is 5.82 Å². The first kappa shape index (κ1) is 13.9. The van der Waals surface area contributed by atoms with Gasteiger partial charge in [-0.25, -0.2) is 4.98 Å². The second kappa shape index (κ2) is 7.25. The van der Waals surface area contributed by atoms with Gasteiger partial charge < -0.3 is 9.88 Å². The van der Waals surface area contributed by atoms with Crippen LogP contribution in [0.2, 0.25) is 0 Å². The van der Waals surface area contributed by atoms with Crippen LogP contribution in [0.5, 0.6) is 0 Å². The molecular formula is C13H24N4. The molecule has 1 aromatic heterocycles. The smallest absolute Gasteiger partial charge is 0.122 e. The van der Waals surface area contributed by atoms with Gasteiger partial charge in [-0.15, -0.1) is 0 Å². The summed E-state index contributed by atoms with van der Waals surface area (Å²) in [7, 11) is 4.12. The van der Waals surface area contributed by atoms with E-state index in [1.165, 1.54) is 5.57 Å². The van der Waals surface area contributed by atoms with E-state index in [4.69, 9.17) is 0 Å². The number of likely N-dealkylation sites (N-methyl/N-ethyl adjacent to an activating group) is 1. The van der Waals surface area contributed by atoms with Crippen molar-refractivity contribution in [2.75, 3.05) is 26.7 Å². The lowest BCUT2D eigenvalue weighted by Gasteiger charge is -2.18. The minimum atomic E-state index is 0.857. The molecule has 1 aromatic rings. The van der Waals surface area contributed by atoms with E-state index in [0.717, 1.165) is 38.4 Å². The quantitative estimate of drug-likeness (QED) is 0.547. The Morgan fingerprint density at radius 3 is 2.94 bits per heavy atom. The maximum absolute atomic E-state index is 4.31. The van der Waals surface area contributed by atoms with Crippen molar-refractivity contribution >= 4 is 0 Å². The van der Waals surface area contributed by atoms with Crippen molar-refractivity contribution in [3.05, 3.63) is 30.4 Å². The summed E-state index contributed by atoms with van der Waals surface area (Å²) >= 11 is 0. The van der Waals surface area contributed by atoms with Crippen LogP contribution in [0.15, 0.2) is 24.5 Å². The first-order valence-corrected chi connectivity index (χ1v) is 6.15. The second-order valence-corrected chi connectivity index (χ2v) is 4.55. The van der Waals surface area contributed by atoms with Gasteiger partial charge >= 0.3 is 0 Å². The molecule has 0 aromatic carbocycles. The summed E-state index contributed by atoms with van der Waals surface area (Å²) < 4.78 is 2.05. The van der Waals surface area contributed by atoms with E-state index in [1.807, 2.05) is 19.4 Å². The minimum absolute atomic E-state index is 0.857. The summed E-state index contributed by atoms with van der Waals surface area (Å²) in [5, 5.41) is 3.36. The number of hydrogen-bond donors (Lipinski definition) is 1. The molecule has 0 aliphatic rings. The Morgan fingerprint density at radius 2 is 2.35 bits per heavy atom. The predicted octanol–water partition coefficient (Wildman–Crippen LogP) is 1.41. The van der Waals surface area contributed by atoms with Gasteiger partial charge in [0.15, 0.2) is 0 Å². The lowest BCUT2D eigenvalue weighted by molar-refractivity contribution is 0.338. The molecule has 0 unspecified atom stereocenters. The summed E-state index contributed by atoms with van der Waals surface area (Å²) in [5.74, 6) is 1.09. The number of imidazole rings is 1. The molecular weight excluding hydrogens is 212 g/mol. The number of rotatable bonds is 8. The zero-order valence-electron chi connectivity index (χ0n) is 11.2. The summed E-state index contributed by atoms with van der Waals surface area (Å²) in [6, 6.07) is 0. The van der Waals surface area contributed by atoms with E-state index >= 15 is 0 Å². The standard InChI is InChI=1S/C13H24N4/c1-5-6-14-9-12(2)10-16(3)11-13-15-7-8-17(13)4/h7-8,14H,2,5-6,9-11H2,1,3-4H3. The van der Waals surface area contributed by atoms with Crippen LogP contribution in [0.1, 0.15) is 19.2 Å². The SMILES string of the molecule is C=C(CNCCC)CN(C)Cc1nccn1C. The zero-order valence-corrected chi connectivity index (χ0v) is 11.2. The number of aromatic nitrogens is 2. The third-order valence-electron chi connectivity index (χ3n) is 2.63. The van der Waals surface area contributed by atoms with Crippen molar-refractivity contribution in [3.8, 4) is 0 Å². The molecule has 0 radical (unpaired) electrons.